The Hall–Kier alpha value is -3.52. The number of ether oxygens (including phenoxy) is 1. The molecule has 4 rings (SSSR count). The van der Waals surface area contributed by atoms with Crippen LogP contribution in [0, 0.1) is 5.92 Å². The molecule has 0 aliphatic carbocycles. The molecule has 0 radical (unpaired) electrons. The molecule has 206 valence electrons. The van der Waals surface area contributed by atoms with Crippen molar-refractivity contribution in [2.24, 2.45) is 11.7 Å². The number of thiazole rings is 1. The molecule has 0 saturated carbocycles. The van der Waals surface area contributed by atoms with E-state index in [4.69, 9.17) is 10.5 Å². The smallest absolute Gasteiger partial charge is 0.332 e. The highest BCUT2D eigenvalue weighted by atomic mass is 32.1. The van der Waals surface area contributed by atoms with Crippen molar-refractivity contribution < 1.29 is 19.1 Å². The zero-order valence-corrected chi connectivity index (χ0v) is 24.2. The fraction of sp³-hybridized carbons (Fsp3) is 0.419. The van der Waals surface area contributed by atoms with E-state index in [1.54, 1.807) is 44.5 Å². The Bertz CT molecular complexity index is 1320. The number of nitrogens with two attached hydrogens (primary N) is 1. The van der Waals surface area contributed by atoms with Crippen molar-refractivity contribution in [1.29, 1.82) is 0 Å². The molecule has 2 amide bonds. The molecule has 39 heavy (non-hydrogen) atoms. The number of primary amides is 1. The number of aromatic nitrogens is 1. The van der Waals surface area contributed by atoms with Crippen LogP contribution in [0.25, 0.3) is 0 Å². The molecule has 1 aliphatic rings. The Morgan fingerprint density at radius 3 is 2.18 bits per heavy atom. The molecular weight excluding hydrogens is 510 g/mol. The standard InChI is InChI=1S/C31H37N3O4S/c1-29(2,3)22-14-12-21(13-15-22)27(36)34-24(26-33-16-17-39-26)23(25(32)35)19-31(34,28(37)38-30(4,5)6)18-20-10-8-7-9-11-20/h7-17,23-24H,18-19H2,1-6H3,(H2,32,35)/t23-,24+,31-/m0/s1. The summed E-state index contributed by atoms with van der Waals surface area (Å²) in [5, 5.41) is 2.34. The van der Waals surface area contributed by atoms with Gasteiger partial charge in [-0.05, 0) is 55.9 Å². The van der Waals surface area contributed by atoms with Gasteiger partial charge in [0, 0.05) is 23.6 Å². The Kier molecular flexibility index (Phi) is 7.72. The molecular formula is C31H37N3O4S. The van der Waals surface area contributed by atoms with Crippen LogP contribution in [0.3, 0.4) is 0 Å². The van der Waals surface area contributed by atoms with Gasteiger partial charge in [0.1, 0.15) is 16.1 Å². The fourth-order valence-corrected chi connectivity index (χ4v) is 6.02. The Labute approximate surface area is 234 Å². The van der Waals surface area contributed by atoms with Crippen molar-refractivity contribution in [2.75, 3.05) is 0 Å². The number of nitrogens with zero attached hydrogens (tertiary/aromatic N) is 2. The molecule has 2 heterocycles. The molecule has 1 fully saturated rings. The second kappa shape index (κ2) is 10.6. The Morgan fingerprint density at radius 1 is 1.03 bits per heavy atom. The van der Waals surface area contributed by atoms with Crippen LogP contribution in [0.5, 0.6) is 0 Å². The van der Waals surface area contributed by atoms with Crippen molar-refractivity contribution in [3.63, 3.8) is 0 Å². The number of esters is 1. The summed E-state index contributed by atoms with van der Waals surface area (Å²) in [4.78, 5) is 47.7. The van der Waals surface area contributed by atoms with Gasteiger partial charge in [-0.1, -0.05) is 63.2 Å². The maximum Gasteiger partial charge on any atom is 0.332 e. The first-order valence-electron chi connectivity index (χ1n) is 13.1. The minimum absolute atomic E-state index is 0.0300. The average Bonchev–Trinajstić information content (AvgIpc) is 3.50. The molecule has 1 saturated heterocycles. The van der Waals surface area contributed by atoms with E-state index in [2.05, 4.69) is 25.8 Å². The summed E-state index contributed by atoms with van der Waals surface area (Å²) in [5.41, 5.74) is 5.89. The van der Waals surface area contributed by atoms with E-state index < -0.39 is 35.0 Å². The second-order valence-electron chi connectivity index (χ2n) is 12.2. The van der Waals surface area contributed by atoms with E-state index in [-0.39, 0.29) is 24.2 Å². The average molecular weight is 548 g/mol. The van der Waals surface area contributed by atoms with Crippen molar-refractivity contribution >= 4 is 29.1 Å². The molecule has 0 spiro atoms. The van der Waals surface area contributed by atoms with Gasteiger partial charge in [0.25, 0.3) is 5.91 Å². The number of benzene rings is 2. The van der Waals surface area contributed by atoms with Crippen molar-refractivity contribution in [2.45, 2.75) is 77.0 Å². The summed E-state index contributed by atoms with van der Waals surface area (Å²) >= 11 is 1.33. The van der Waals surface area contributed by atoms with E-state index in [9.17, 15) is 14.4 Å². The molecule has 2 aromatic carbocycles. The van der Waals surface area contributed by atoms with Crippen molar-refractivity contribution in [3.8, 4) is 0 Å². The zero-order chi connectivity index (χ0) is 28.6. The largest absolute Gasteiger partial charge is 0.458 e. The van der Waals surface area contributed by atoms with Crippen molar-refractivity contribution in [1.82, 2.24) is 9.88 Å². The van der Waals surface area contributed by atoms with Gasteiger partial charge < -0.3 is 15.4 Å². The van der Waals surface area contributed by atoms with Gasteiger partial charge >= 0.3 is 5.97 Å². The van der Waals surface area contributed by atoms with E-state index >= 15 is 0 Å². The maximum absolute atomic E-state index is 14.5. The Morgan fingerprint density at radius 2 is 1.67 bits per heavy atom. The number of amides is 2. The van der Waals surface area contributed by atoms with Gasteiger partial charge in [-0.2, -0.15) is 0 Å². The summed E-state index contributed by atoms with van der Waals surface area (Å²) in [7, 11) is 0. The van der Waals surface area contributed by atoms with E-state index in [1.807, 2.05) is 42.5 Å². The van der Waals surface area contributed by atoms with Crippen LogP contribution in [-0.2, 0) is 26.2 Å². The van der Waals surface area contributed by atoms with Crippen molar-refractivity contribution in [3.05, 3.63) is 87.9 Å². The Balaban J connectivity index is 1.93. The maximum atomic E-state index is 14.5. The van der Waals surface area contributed by atoms with Gasteiger partial charge in [-0.15, -0.1) is 11.3 Å². The first kappa shape index (κ1) is 28.5. The lowest BCUT2D eigenvalue weighted by molar-refractivity contribution is -0.167. The summed E-state index contributed by atoms with van der Waals surface area (Å²) in [6.45, 7) is 11.7. The van der Waals surface area contributed by atoms with E-state index in [1.165, 1.54) is 16.2 Å². The third-order valence-corrected chi connectivity index (χ3v) is 7.93. The minimum atomic E-state index is -1.48. The van der Waals surface area contributed by atoms with E-state index in [0.717, 1.165) is 11.1 Å². The van der Waals surface area contributed by atoms with Crippen LogP contribution in [0.1, 0.15) is 80.5 Å². The second-order valence-corrected chi connectivity index (χ2v) is 13.2. The number of hydrogen-bond acceptors (Lipinski definition) is 6. The molecule has 2 N–H and O–H groups in total. The van der Waals surface area contributed by atoms with Crippen LogP contribution < -0.4 is 5.73 Å². The van der Waals surface area contributed by atoms with Crippen LogP contribution in [-0.4, -0.2) is 38.8 Å². The highest BCUT2D eigenvalue weighted by Crippen LogP contribution is 2.50. The number of carbonyl (C=O) groups is 3. The molecule has 0 bridgehead atoms. The normalized spacial score (nSPS) is 21.5. The van der Waals surface area contributed by atoms with Crippen LogP contribution in [0.4, 0.5) is 0 Å². The lowest BCUT2D eigenvalue weighted by Gasteiger charge is -2.40. The van der Waals surface area contributed by atoms with Gasteiger partial charge in [0.05, 0.1) is 12.0 Å². The van der Waals surface area contributed by atoms with Crippen LogP contribution in [0.2, 0.25) is 0 Å². The number of hydrogen-bond donors (Lipinski definition) is 1. The zero-order valence-electron chi connectivity index (χ0n) is 23.4. The quantitative estimate of drug-likeness (QED) is 0.413. The number of carbonyl (C=O) groups excluding carboxylic acids is 3. The lowest BCUT2D eigenvalue weighted by atomic mass is 9.84. The first-order valence-corrected chi connectivity index (χ1v) is 14.0. The number of rotatable bonds is 6. The molecule has 8 heteroatoms. The van der Waals surface area contributed by atoms with Gasteiger partial charge in [0.2, 0.25) is 5.91 Å². The molecule has 3 atom stereocenters. The highest BCUT2D eigenvalue weighted by Gasteiger charge is 2.62. The summed E-state index contributed by atoms with van der Waals surface area (Å²) in [6, 6.07) is 16.1. The summed E-state index contributed by atoms with van der Waals surface area (Å²) < 4.78 is 5.97. The molecule has 1 aromatic heterocycles. The molecule has 3 aromatic rings. The lowest BCUT2D eigenvalue weighted by Crippen LogP contribution is -2.57. The third kappa shape index (κ3) is 5.91. The SMILES string of the molecule is CC(C)(C)OC(=O)[C@]1(Cc2ccccc2)C[C@H](C(N)=O)[C@H](c2nccs2)N1C(=O)c1ccc(C(C)(C)C)cc1. The van der Waals surface area contributed by atoms with Crippen LogP contribution >= 0.6 is 11.3 Å². The van der Waals surface area contributed by atoms with E-state index in [0.29, 0.717) is 10.6 Å². The third-order valence-electron chi connectivity index (χ3n) is 7.08. The van der Waals surface area contributed by atoms with Gasteiger partial charge in [-0.25, -0.2) is 9.78 Å². The topological polar surface area (TPSA) is 103 Å². The van der Waals surface area contributed by atoms with Gasteiger partial charge in [-0.3, -0.25) is 9.59 Å². The predicted molar refractivity (Wildman–Crippen MR) is 152 cm³/mol. The van der Waals surface area contributed by atoms with Crippen LogP contribution in [0.15, 0.2) is 66.2 Å². The molecule has 0 unspecified atom stereocenters. The molecule has 1 aliphatic heterocycles. The fourth-order valence-electron chi connectivity index (χ4n) is 5.23. The number of likely N-dealkylation sites (tertiary alicyclic amines) is 1. The van der Waals surface area contributed by atoms with Gasteiger partial charge in [0.15, 0.2) is 0 Å². The molecule has 7 nitrogen and oxygen atoms in total. The highest BCUT2D eigenvalue weighted by molar-refractivity contribution is 7.09. The monoisotopic (exact) mass is 547 g/mol. The predicted octanol–water partition coefficient (Wildman–Crippen LogP) is 5.45. The first-order chi connectivity index (χ1) is 18.2. The minimum Gasteiger partial charge on any atom is -0.458 e. The summed E-state index contributed by atoms with van der Waals surface area (Å²) in [6.07, 6.45) is 1.83. The summed E-state index contributed by atoms with van der Waals surface area (Å²) in [5.74, 6) is -2.36.